The summed E-state index contributed by atoms with van der Waals surface area (Å²) in [5.74, 6) is -0.171. The maximum Gasteiger partial charge on any atom is 0.138 e. The molecule has 0 radical (unpaired) electrons. The van der Waals surface area contributed by atoms with Crippen molar-refractivity contribution in [2.75, 3.05) is 7.05 Å². The van der Waals surface area contributed by atoms with Crippen molar-refractivity contribution < 1.29 is 4.39 Å². The molecule has 1 heterocycles. The van der Waals surface area contributed by atoms with Crippen LogP contribution in [-0.4, -0.2) is 18.0 Å². The second kappa shape index (κ2) is 2.21. The van der Waals surface area contributed by atoms with E-state index in [1.165, 1.54) is 12.3 Å². The highest BCUT2D eigenvalue weighted by Crippen LogP contribution is 2.11. The van der Waals surface area contributed by atoms with Gasteiger partial charge in [0, 0.05) is 19.3 Å². The summed E-state index contributed by atoms with van der Waals surface area (Å²) < 4.78 is 12.3. The Morgan fingerprint density at radius 1 is 1.67 bits per heavy atom. The summed E-state index contributed by atoms with van der Waals surface area (Å²) in [6.45, 7) is 2.01. The van der Waals surface area contributed by atoms with Crippen LogP contribution in [0.4, 0.5) is 4.39 Å². The van der Waals surface area contributed by atoms with Crippen LogP contribution < -0.4 is 0 Å². The number of hydrogen-bond acceptors (Lipinski definition) is 1. The van der Waals surface area contributed by atoms with E-state index in [0.29, 0.717) is 6.04 Å². The topological polar surface area (TPSA) is 3.24 Å². The lowest BCUT2D eigenvalue weighted by Gasteiger charge is -2.22. The van der Waals surface area contributed by atoms with Gasteiger partial charge in [0.25, 0.3) is 0 Å². The number of halogens is 1. The second-order valence-corrected chi connectivity index (χ2v) is 2.28. The molecule has 0 aromatic heterocycles. The van der Waals surface area contributed by atoms with Gasteiger partial charge in [0.1, 0.15) is 5.83 Å². The summed E-state index contributed by atoms with van der Waals surface area (Å²) in [4.78, 5) is 1.83. The minimum absolute atomic E-state index is 0.171. The lowest BCUT2D eigenvalue weighted by atomic mass is 10.2. The van der Waals surface area contributed by atoms with Gasteiger partial charge in [0.15, 0.2) is 0 Å². The molecule has 1 atom stereocenters. The molecule has 0 N–H and O–H groups in total. The van der Waals surface area contributed by atoms with Crippen molar-refractivity contribution >= 4 is 0 Å². The highest BCUT2D eigenvalue weighted by molar-refractivity contribution is 5.17. The lowest BCUT2D eigenvalue weighted by molar-refractivity contribution is 0.386. The number of rotatable bonds is 0. The van der Waals surface area contributed by atoms with E-state index in [2.05, 4.69) is 0 Å². The van der Waals surface area contributed by atoms with E-state index in [0.717, 1.165) is 0 Å². The van der Waals surface area contributed by atoms with Gasteiger partial charge in [-0.15, -0.1) is 0 Å². The van der Waals surface area contributed by atoms with Crippen LogP contribution in [0.5, 0.6) is 0 Å². The van der Waals surface area contributed by atoms with E-state index in [-0.39, 0.29) is 5.83 Å². The molecule has 0 bridgehead atoms. The highest BCUT2D eigenvalue weighted by Gasteiger charge is 2.06. The Morgan fingerprint density at radius 3 is 2.78 bits per heavy atom. The molecule has 0 aromatic rings. The fourth-order valence-corrected chi connectivity index (χ4v) is 0.722. The van der Waals surface area contributed by atoms with Gasteiger partial charge in [-0.3, -0.25) is 0 Å². The van der Waals surface area contributed by atoms with Crippen molar-refractivity contribution in [1.29, 1.82) is 0 Å². The second-order valence-electron chi connectivity index (χ2n) is 2.28. The minimum Gasteiger partial charge on any atom is -0.372 e. The largest absolute Gasteiger partial charge is 0.372 e. The zero-order valence-corrected chi connectivity index (χ0v) is 5.63. The summed E-state index contributed by atoms with van der Waals surface area (Å²) in [6, 6.07) is 0.324. The molecule has 0 amide bonds. The van der Waals surface area contributed by atoms with Gasteiger partial charge in [-0.1, -0.05) is 6.08 Å². The smallest absolute Gasteiger partial charge is 0.138 e. The number of hydrogen-bond donors (Lipinski definition) is 0. The van der Waals surface area contributed by atoms with Gasteiger partial charge >= 0.3 is 0 Å². The molecule has 1 nitrogen and oxygen atoms in total. The first-order valence-corrected chi connectivity index (χ1v) is 2.97. The van der Waals surface area contributed by atoms with Crippen molar-refractivity contribution in [1.82, 2.24) is 4.90 Å². The average Bonchev–Trinajstić information content (AvgIpc) is 1.80. The fraction of sp³-hybridized carbons (Fsp3) is 0.429. The Bertz CT molecular complexity index is 160. The van der Waals surface area contributed by atoms with Crippen LogP contribution in [0.3, 0.4) is 0 Å². The van der Waals surface area contributed by atoms with Gasteiger partial charge in [-0.05, 0) is 13.0 Å². The van der Waals surface area contributed by atoms with E-state index in [1.54, 1.807) is 0 Å². The average molecular weight is 127 g/mol. The molecule has 0 saturated carbocycles. The quantitative estimate of drug-likeness (QED) is 0.478. The number of likely N-dealkylation sites (N-methyl/N-ethyl adjacent to an activating group) is 1. The van der Waals surface area contributed by atoms with E-state index < -0.39 is 0 Å². The molecule has 9 heavy (non-hydrogen) atoms. The van der Waals surface area contributed by atoms with Crippen LogP contribution in [0.25, 0.3) is 0 Å². The van der Waals surface area contributed by atoms with Crippen molar-refractivity contribution in [2.24, 2.45) is 0 Å². The first kappa shape index (κ1) is 6.33. The summed E-state index contributed by atoms with van der Waals surface area (Å²) in [5.41, 5.74) is 0. The van der Waals surface area contributed by atoms with Crippen LogP contribution >= 0.6 is 0 Å². The number of nitrogens with zero attached hydrogens (tertiary/aromatic N) is 1. The van der Waals surface area contributed by atoms with E-state index in [9.17, 15) is 4.39 Å². The Balaban J connectivity index is 2.70. The summed E-state index contributed by atoms with van der Waals surface area (Å²) in [7, 11) is 1.85. The molecule has 0 aliphatic carbocycles. The third-order valence-corrected chi connectivity index (χ3v) is 1.50. The number of allylic oxidation sites excluding steroid dienone is 2. The van der Waals surface area contributed by atoms with Gasteiger partial charge in [0.2, 0.25) is 0 Å². The minimum atomic E-state index is -0.171. The van der Waals surface area contributed by atoms with Crippen LogP contribution in [0, 0.1) is 0 Å². The van der Waals surface area contributed by atoms with Crippen molar-refractivity contribution in [3.8, 4) is 0 Å². The third-order valence-electron chi connectivity index (χ3n) is 1.50. The van der Waals surface area contributed by atoms with Crippen LogP contribution in [-0.2, 0) is 0 Å². The first-order chi connectivity index (χ1) is 4.20. The predicted octanol–water partition coefficient (Wildman–Crippen LogP) is 1.69. The standard InChI is InChI=1S/C7H10FN/c1-6-3-4-7(8)5-9(6)2/h3-6H,1-2H3. The SMILES string of the molecule is CC1C=CC(F)=CN1C. The molecule has 0 fully saturated rings. The van der Waals surface area contributed by atoms with Crippen LogP contribution in [0.15, 0.2) is 24.2 Å². The van der Waals surface area contributed by atoms with E-state index in [1.807, 2.05) is 24.9 Å². The van der Waals surface area contributed by atoms with Crippen molar-refractivity contribution in [3.63, 3.8) is 0 Å². The van der Waals surface area contributed by atoms with Gasteiger partial charge in [-0.25, -0.2) is 4.39 Å². The van der Waals surface area contributed by atoms with Crippen LogP contribution in [0.1, 0.15) is 6.92 Å². The Labute approximate surface area is 54.5 Å². The highest BCUT2D eigenvalue weighted by atomic mass is 19.1. The molecule has 1 rings (SSSR count). The molecular formula is C7H10FN. The zero-order valence-electron chi connectivity index (χ0n) is 5.63. The molecule has 1 unspecified atom stereocenters. The molecule has 1 aliphatic heterocycles. The monoisotopic (exact) mass is 127 g/mol. The molecule has 2 heteroatoms. The van der Waals surface area contributed by atoms with E-state index in [4.69, 9.17) is 0 Å². The van der Waals surface area contributed by atoms with Gasteiger partial charge in [0.05, 0.1) is 0 Å². The Morgan fingerprint density at radius 2 is 2.33 bits per heavy atom. The Hall–Kier alpha value is -0.790. The molecule has 1 aliphatic rings. The first-order valence-electron chi connectivity index (χ1n) is 2.97. The molecule has 0 aromatic carbocycles. The maximum atomic E-state index is 12.3. The zero-order chi connectivity index (χ0) is 6.85. The Kier molecular flexibility index (Phi) is 1.56. The van der Waals surface area contributed by atoms with Crippen molar-refractivity contribution in [2.45, 2.75) is 13.0 Å². The van der Waals surface area contributed by atoms with Gasteiger partial charge < -0.3 is 4.90 Å². The van der Waals surface area contributed by atoms with Crippen LogP contribution in [0.2, 0.25) is 0 Å². The predicted molar refractivity (Wildman–Crippen MR) is 35.6 cm³/mol. The third kappa shape index (κ3) is 1.31. The summed E-state index contributed by atoms with van der Waals surface area (Å²) in [5, 5.41) is 0. The maximum absolute atomic E-state index is 12.3. The molecule has 0 spiro atoms. The molecular weight excluding hydrogens is 117 g/mol. The normalized spacial score (nSPS) is 26.3. The summed E-state index contributed by atoms with van der Waals surface area (Å²) >= 11 is 0. The van der Waals surface area contributed by atoms with E-state index >= 15 is 0 Å². The fourth-order valence-electron chi connectivity index (χ4n) is 0.722. The molecule has 0 saturated heterocycles. The summed E-state index contributed by atoms with van der Waals surface area (Å²) in [6.07, 6.45) is 4.81. The lowest BCUT2D eigenvalue weighted by Crippen LogP contribution is -2.23. The van der Waals surface area contributed by atoms with Gasteiger partial charge in [-0.2, -0.15) is 0 Å². The van der Waals surface area contributed by atoms with Crippen molar-refractivity contribution in [3.05, 3.63) is 24.2 Å². The molecule has 50 valence electrons.